The van der Waals surface area contributed by atoms with Crippen molar-refractivity contribution in [2.75, 3.05) is 38.3 Å². The third-order valence-electron chi connectivity index (χ3n) is 3.54. The zero-order valence-corrected chi connectivity index (χ0v) is 13.2. The Hall–Kier alpha value is -0.580. The summed E-state index contributed by atoms with van der Waals surface area (Å²) in [4.78, 5) is 2.52. The van der Waals surface area contributed by atoms with E-state index in [1.165, 1.54) is 43.6 Å². The van der Waals surface area contributed by atoms with E-state index >= 15 is 0 Å². The first-order valence-electron chi connectivity index (χ1n) is 7.04. The van der Waals surface area contributed by atoms with E-state index < -0.39 is 0 Å². The minimum absolute atomic E-state index is 0.757. The Morgan fingerprint density at radius 1 is 1.26 bits per heavy atom. The van der Waals surface area contributed by atoms with Gasteiger partial charge in [0.1, 0.15) is 0 Å². The van der Waals surface area contributed by atoms with Crippen LogP contribution in [0.3, 0.4) is 0 Å². The van der Waals surface area contributed by atoms with E-state index in [9.17, 15) is 0 Å². The molecule has 106 valence electrons. The van der Waals surface area contributed by atoms with Gasteiger partial charge in [0.2, 0.25) is 0 Å². The van der Waals surface area contributed by atoms with E-state index in [4.69, 9.17) is 4.74 Å². The third kappa shape index (κ3) is 4.48. The number of methoxy groups -OCH3 is 1. The molecular formula is C15H23BrN2O. The van der Waals surface area contributed by atoms with Gasteiger partial charge < -0.3 is 15.0 Å². The first-order chi connectivity index (χ1) is 9.31. The summed E-state index contributed by atoms with van der Waals surface area (Å²) in [5, 5.41) is 3.44. The molecule has 1 aromatic carbocycles. The highest BCUT2D eigenvalue weighted by Crippen LogP contribution is 2.27. The standard InChI is InChI=1S/C15H23BrN2O/c1-19-10-7-17-12-13-11-14(16)5-6-15(13)18-8-3-2-4-9-18/h5-6,11,17H,2-4,7-10,12H2,1H3. The minimum Gasteiger partial charge on any atom is -0.383 e. The molecule has 0 amide bonds. The molecule has 4 heteroatoms. The van der Waals surface area contributed by atoms with Gasteiger partial charge in [-0.3, -0.25) is 0 Å². The molecule has 0 radical (unpaired) electrons. The first kappa shape index (κ1) is 14.8. The predicted octanol–water partition coefficient (Wildman–Crippen LogP) is 3.18. The number of anilines is 1. The van der Waals surface area contributed by atoms with Crippen LogP contribution in [0.1, 0.15) is 24.8 Å². The molecule has 0 spiro atoms. The molecule has 1 fully saturated rings. The molecule has 0 aliphatic carbocycles. The normalized spacial score (nSPS) is 15.8. The molecule has 1 aliphatic heterocycles. The van der Waals surface area contributed by atoms with Gasteiger partial charge in [-0.25, -0.2) is 0 Å². The van der Waals surface area contributed by atoms with Crippen LogP contribution in [-0.4, -0.2) is 33.4 Å². The molecule has 1 aromatic rings. The van der Waals surface area contributed by atoms with Gasteiger partial charge in [0.05, 0.1) is 6.61 Å². The first-order valence-corrected chi connectivity index (χ1v) is 7.83. The lowest BCUT2D eigenvalue weighted by molar-refractivity contribution is 0.199. The van der Waals surface area contributed by atoms with E-state index in [0.29, 0.717) is 0 Å². The van der Waals surface area contributed by atoms with Crippen molar-refractivity contribution in [3.05, 3.63) is 28.2 Å². The van der Waals surface area contributed by atoms with Gasteiger partial charge in [0, 0.05) is 43.4 Å². The molecule has 1 N–H and O–H groups in total. The summed E-state index contributed by atoms with van der Waals surface area (Å²) >= 11 is 3.57. The lowest BCUT2D eigenvalue weighted by Gasteiger charge is -2.31. The Balaban J connectivity index is 2.03. The van der Waals surface area contributed by atoms with Crippen molar-refractivity contribution in [1.29, 1.82) is 0 Å². The molecule has 0 unspecified atom stereocenters. The predicted molar refractivity (Wildman–Crippen MR) is 83.8 cm³/mol. The molecule has 0 aromatic heterocycles. The fourth-order valence-corrected chi connectivity index (χ4v) is 2.94. The van der Waals surface area contributed by atoms with Crippen LogP contribution in [0.5, 0.6) is 0 Å². The fraction of sp³-hybridized carbons (Fsp3) is 0.600. The van der Waals surface area contributed by atoms with E-state index in [1.807, 2.05) is 0 Å². The zero-order valence-electron chi connectivity index (χ0n) is 11.6. The quantitative estimate of drug-likeness (QED) is 0.812. The van der Waals surface area contributed by atoms with E-state index in [2.05, 4.69) is 44.3 Å². The van der Waals surface area contributed by atoms with Gasteiger partial charge in [-0.1, -0.05) is 15.9 Å². The van der Waals surface area contributed by atoms with E-state index in [0.717, 1.165) is 24.2 Å². The number of hydrogen-bond donors (Lipinski definition) is 1. The van der Waals surface area contributed by atoms with Crippen LogP contribution in [0.25, 0.3) is 0 Å². The molecule has 0 saturated carbocycles. The summed E-state index contributed by atoms with van der Waals surface area (Å²) in [5.41, 5.74) is 2.75. The maximum atomic E-state index is 5.07. The Kier molecular flexibility index (Phi) is 6.14. The van der Waals surface area contributed by atoms with Crippen molar-refractivity contribution in [3.8, 4) is 0 Å². The lowest BCUT2D eigenvalue weighted by atomic mass is 10.1. The topological polar surface area (TPSA) is 24.5 Å². The van der Waals surface area contributed by atoms with Crippen LogP contribution < -0.4 is 10.2 Å². The molecule has 19 heavy (non-hydrogen) atoms. The van der Waals surface area contributed by atoms with Crippen molar-refractivity contribution in [2.45, 2.75) is 25.8 Å². The average molecular weight is 327 g/mol. The van der Waals surface area contributed by atoms with Crippen molar-refractivity contribution in [3.63, 3.8) is 0 Å². The molecule has 1 saturated heterocycles. The van der Waals surface area contributed by atoms with Crippen LogP contribution in [0.2, 0.25) is 0 Å². The van der Waals surface area contributed by atoms with Gasteiger partial charge in [0.15, 0.2) is 0 Å². The highest BCUT2D eigenvalue weighted by Gasteiger charge is 2.14. The van der Waals surface area contributed by atoms with Gasteiger partial charge in [-0.05, 0) is 43.0 Å². The number of nitrogens with zero attached hydrogens (tertiary/aromatic N) is 1. The van der Waals surface area contributed by atoms with Crippen LogP contribution in [0.4, 0.5) is 5.69 Å². The summed E-state index contributed by atoms with van der Waals surface area (Å²) in [7, 11) is 1.74. The monoisotopic (exact) mass is 326 g/mol. The van der Waals surface area contributed by atoms with Crippen LogP contribution >= 0.6 is 15.9 Å². The second kappa shape index (κ2) is 7.88. The van der Waals surface area contributed by atoms with Gasteiger partial charge in [0.25, 0.3) is 0 Å². The molecule has 3 nitrogen and oxygen atoms in total. The largest absolute Gasteiger partial charge is 0.383 e. The molecule has 0 bridgehead atoms. The Morgan fingerprint density at radius 3 is 2.79 bits per heavy atom. The van der Waals surface area contributed by atoms with Crippen molar-refractivity contribution in [1.82, 2.24) is 5.32 Å². The molecule has 0 atom stereocenters. The lowest BCUT2D eigenvalue weighted by Crippen LogP contribution is -2.31. The van der Waals surface area contributed by atoms with Gasteiger partial charge in [-0.2, -0.15) is 0 Å². The third-order valence-corrected chi connectivity index (χ3v) is 4.03. The number of rotatable bonds is 6. The summed E-state index contributed by atoms with van der Waals surface area (Å²) in [5.74, 6) is 0. The Labute approximate surface area is 124 Å². The Bertz CT molecular complexity index is 392. The number of hydrogen-bond acceptors (Lipinski definition) is 3. The highest BCUT2D eigenvalue weighted by molar-refractivity contribution is 9.10. The second-order valence-corrected chi connectivity index (χ2v) is 5.91. The smallest absolute Gasteiger partial charge is 0.0587 e. The number of piperidine rings is 1. The van der Waals surface area contributed by atoms with Crippen molar-refractivity contribution < 1.29 is 4.74 Å². The Morgan fingerprint density at radius 2 is 2.05 bits per heavy atom. The molecule has 2 rings (SSSR count). The summed E-state index contributed by atoms with van der Waals surface area (Å²) in [6.07, 6.45) is 3.99. The zero-order chi connectivity index (χ0) is 13.5. The minimum atomic E-state index is 0.757. The van der Waals surface area contributed by atoms with E-state index in [1.54, 1.807) is 7.11 Å². The van der Waals surface area contributed by atoms with Crippen LogP contribution in [0.15, 0.2) is 22.7 Å². The summed E-state index contributed by atoms with van der Waals surface area (Å²) in [6.45, 7) is 4.92. The summed E-state index contributed by atoms with van der Waals surface area (Å²) < 4.78 is 6.22. The van der Waals surface area contributed by atoms with Gasteiger partial charge in [-0.15, -0.1) is 0 Å². The highest BCUT2D eigenvalue weighted by atomic mass is 79.9. The number of ether oxygens (including phenoxy) is 1. The fourth-order valence-electron chi connectivity index (χ4n) is 2.54. The maximum absolute atomic E-state index is 5.07. The van der Waals surface area contributed by atoms with Gasteiger partial charge >= 0.3 is 0 Å². The van der Waals surface area contributed by atoms with Crippen LogP contribution in [0, 0.1) is 0 Å². The SMILES string of the molecule is COCCNCc1cc(Br)ccc1N1CCCCC1. The number of benzene rings is 1. The van der Waals surface area contributed by atoms with Crippen molar-refractivity contribution >= 4 is 21.6 Å². The number of nitrogens with one attached hydrogen (secondary N) is 1. The molecule has 1 heterocycles. The molecular weight excluding hydrogens is 304 g/mol. The maximum Gasteiger partial charge on any atom is 0.0587 e. The second-order valence-electron chi connectivity index (χ2n) is 4.99. The van der Waals surface area contributed by atoms with Crippen LogP contribution in [-0.2, 0) is 11.3 Å². The molecule has 1 aliphatic rings. The van der Waals surface area contributed by atoms with Crippen molar-refractivity contribution in [2.24, 2.45) is 0 Å². The summed E-state index contributed by atoms with van der Waals surface area (Å²) in [6, 6.07) is 6.61. The van der Waals surface area contributed by atoms with E-state index in [-0.39, 0.29) is 0 Å². The number of halogens is 1. The average Bonchev–Trinajstić information content (AvgIpc) is 2.45.